The van der Waals surface area contributed by atoms with E-state index in [0.29, 0.717) is 13.0 Å². The highest BCUT2D eigenvalue weighted by atomic mass is 16.4. The molecule has 0 saturated carbocycles. The Morgan fingerprint density at radius 1 is 0.636 bits per heavy atom. The molecule has 0 aliphatic heterocycles. The summed E-state index contributed by atoms with van der Waals surface area (Å²) in [5.41, 5.74) is 0. The lowest BCUT2D eigenvalue weighted by molar-refractivity contribution is -0.137. The van der Waals surface area contributed by atoms with Gasteiger partial charge in [-0.15, -0.1) is 0 Å². The standard InChI is InChI=1S/C19H36O3/c20-18-16-14-12-10-8-6-4-2-1-3-5-7-9-11-13-15-17-19(21)22/h2,4,20H,1,3,5-18H2,(H,21,22)/b4-2-. The van der Waals surface area contributed by atoms with Gasteiger partial charge in [-0.2, -0.15) is 0 Å². The number of unbranched alkanes of at least 4 members (excludes halogenated alkanes) is 12. The number of carboxylic acids is 1. The lowest BCUT2D eigenvalue weighted by Crippen LogP contribution is -1.93. The Hall–Kier alpha value is -0.830. The van der Waals surface area contributed by atoms with Crippen molar-refractivity contribution in [3.8, 4) is 0 Å². The average Bonchev–Trinajstić information content (AvgIpc) is 2.50. The first kappa shape index (κ1) is 21.2. The third-order valence-corrected chi connectivity index (χ3v) is 3.96. The average molecular weight is 312 g/mol. The predicted molar refractivity (Wildman–Crippen MR) is 93.1 cm³/mol. The molecule has 22 heavy (non-hydrogen) atoms. The number of carboxylic acid groups (broad SMARTS) is 1. The van der Waals surface area contributed by atoms with Gasteiger partial charge in [-0.1, -0.05) is 63.5 Å². The summed E-state index contributed by atoms with van der Waals surface area (Å²) in [7, 11) is 0. The molecule has 0 aliphatic rings. The maximum Gasteiger partial charge on any atom is 0.303 e. The normalized spacial score (nSPS) is 11.3. The highest BCUT2D eigenvalue weighted by molar-refractivity contribution is 5.66. The van der Waals surface area contributed by atoms with E-state index in [0.717, 1.165) is 25.7 Å². The zero-order chi connectivity index (χ0) is 16.3. The quantitative estimate of drug-likeness (QED) is 0.276. The van der Waals surface area contributed by atoms with Crippen LogP contribution in [-0.4, -0.2) is 22.8 Å². The molecule has 0 rings (SSSR count). The van der Waals surface area contributed by atoms with E-state index >= 15 is 0 Å². The van der Waals surface area contributed by atoms with E-state index in [-0.39, 0.29) is 0 Å². The van der Waals surface area contributed by atoms with Crippen LogP contribution in [0.25, 0.3) is 0 Å². The van der Waals surface area contributed by atoms with E-state index in [2.05, 4.69) is 12.2 Å². The van der Waals surface area contributed by atoms with Gasteiger partial charge in [0.15, 0.2) is 0 Å². The molecule has 0 saturated heterocycles. The number of rotatable bonds is 17. The predicted octanol–water partition coefficient (Wildman–Crippen LogP) is 5.47. The molecule has 0 heterocycles. The molecule has 0 aliphatic carbocycles. The molecule has 2 N–H and O–H groups in total. The second kappa shape index (κ2) is 18.2. The second-order valence-corrected chi connectivity index (χ2v) is 6.16. The van der Waals surface area contributed by atoms with E-state index in [1.54, 1.807) is 0 Å². The van der Waals surface area contributed by atoms with Crippen LogP contribution in [0.1, 0.15) is 96.3 Å². The van der Waals surface area contributed by atoms with Gasteiger partial charge in [0, 0.05) is 13.0 Å². The van der Waals surface area contributed by atoms with Gasteiger partial charge >= 0.3 is 5.97 Å². The number of hydrogen-bond acceptors (Lipinski definition) is 2. The second-order valence-electron chi connectivity index (χ2n) is 6.16. The van der Waals surface area contributed by atoms with Crippen molar-refractivity contribution in [3.05, 3.63) is 12.2 Å². The number of hydrogen-bond donors (Lipinski definition) is 2. The van der Waals surface area contributed by atoms with Gasteiger partial charge in [-0.25, -0.2) is 0 Å². The maximum atomic E-state index is 10.3. The fourth-order valence-corrected chi connectivity index (χ4v) is 2.56. The van der Waals surface area contributed by atoms with Crippen molar-refractivity contribution >= 4 is 5.97 Å². The minimum absolute atomic E-state index is 0.326. The number of aliphatic hydroxyl groups excluding tert-OH is 1. The summed E-state index contributed by atoms with van der Waals surface area (Å²) in [4.78, 5) is 10.3. The van der Waals surface area contributed by atoms with Crippen LogP contribution in [0.3, 0.4) is 0 Å². The highest BCUT2D eigenvalue weighted by Crippen LogP contribution is 2.10. The lowest BCUT2D eigenvalue weighted by Gasteiger charge is -2.00. The molecule has 0 amide bonds. The number of aliphatic hydroxyl groups is 1. The van der Waals surface area contributed by atoms with Crippen molar-refractivity contribution in [2.45, 2.75) is 96.3 Å². The molecular weight excluding hydrogens is 276 g/mol. The third kappa shape index (κ3) is 19.2. The molecule has 0 aromatic carbocycles. The summed E-state index contributed by atoms with van der Waals surface area (Å²) in [5, 5.41) is 17.2. The van der Waals surface area contributed by atoms with Gasteiger partial charge in [-0.05, 0) is 38.5 Å². The van der Waals surface area contributed by atoms with Crippen molar-refractivity contribution in [1.82, 2.24) is 0 Å². The van der Waals surface area contributed by atoms with Crippen molar-refractivity contribution in [3.63, 3.8) is 0 Å². The fourth-order valence-electron chi connectivity index (χ4n) is 2.56. The Morgan fingerprint density at radius 2 is 1.05 bits per heavy atom. The molecule has 0 bridgehead atoms. The Kier molecular flexibility index (Phi) is 17.5. The number of aliphatic carboxylic acids is 1. The first-order valence-electron chi connectivity index (χ1n) is 9.25. The fraction of sp³-hybridized carbons (Fsp3) is 0.842. The van der Waals surface area contributed by atoms with Gasteiger partial charge < -0.3 is 10.2 Å². The van der Waals surface area contributed by atoms with E-state index in [9.17, 15) is 4.79 Å². The topological polar surface area (TPSA) is 57.5 Å². The molecule has 0 atom stereocenters. The molecule has 0 fully saturated rings. The Morgan fingerprint density at radius 3 is 1.50 bits per heavy atom. The monoisotopic (exact) mass is 312 g/mol. The van der Waals surface area contributed by atoms with Crippen LogP contribution in [0.5, 0.6) is 0 Å². The smallest absolute Gasteiger partial charge is 0.303 e. The molecule has 3 heteroatoms. The molecule has 3 nitrogen and oxygen atoms in total. The number of carbonyl (C=O) groups is 1. The Bertz CT molecular complexity index is 261. The summed E-state index contributed by atoms with van der Waals surface area (Å²) in [6, 6.07) is 0. The van der Waals surface area contributed by atoms with Crippen LogP contribution in [0, 0.1) is 0 Å². The molecule has 0 unspecified atom stereocenters. The largest absolute Gasteiger partial charge is 0.481 e. The lowest BCUT2D eigenvalue weighted by atomic mass is 10.1. The Balaban J connectivity index is 3.06. The van der Waals surface area contributed by atoms with Crippen LogP contribution in [0.15, 0.2) is 12.2 Å². The molecule has 130 valence electrons. The highest BCUT2D eigenvalue weighted by Gasteiger charge is 1.96. The van der Waals surface area contributed by atoms with Crippen molar-refractivity contribution < 1.29 is 15.0 Å². The summed E-state index contributed by atoms with van der Waals surface area (Å²) in [5.74, 6) is -0.669. The van der Waals surface area contributed by atoms with Crippen LogP contribution >= 0.6 is 0 Å². The zero-order valence-electron chi connectivity index (χ0n) is 14.3. The molecule has 0 aromatic rings. The van der Waals surface area contributed by atoms with E-state index < -0.39 is 5.97 Å². The van der Waals surface area contributed by atoms with E-state index in [1.807, 2.05) is 0 Å². The molecule has 0 spiro atoms. The Labute approximate surface area is 136 Å². The van der Waals surface area contributed by atoms with Crippen LogP contribution in [0.2, 0.25) is 0 Å². The van der Waals surface area contributed by atoms with Gasteiger partial charge in [-0.3, -0.25) is 4.79 Å². The zero-order valence-corrected chi connectivity index (χ0v) is 14.3. The van der Waals surface area contributed by atoms with Gasteiger partial charge in [0.2, 0.25) is 0 Å². The van der Waals surface area contributed by atoms with Crippen LogP contribution in [0.4, 0.5) is 0 Å². The van der Waals surface area contributed by atoms with E-state index in [1.165, 1.54) is 64.2 Å². The molecule has 0 aromatic heterocycles. The minimum Gasteiger partial charge on any atom is -0.481 e. The molecule has 0 radical (unpaired) electrons. The van der Waals surface area contributed by atoms with Crippen LogP contribution in [-0.2, 0) is 4.79 Å². The summed E-state index contributed by atoms with van der Waals surface area (Å²) >= 11 is 0. The van der Waals surface area contributed by atoms with Crippen molar-refractivity contribution in [2.75, 3.05) is 6.61 Å². The third-order valence-electron chi connectivity index (χ3n) is 3.96. The summed E-state index contributed by atoms with van der Waals surface area (Å²) in [6.45, 7) is 0.336. The number of allylic oxidation sites excluding steroid dienone is 2. The SMILES string of the molecule is O=C(O)CCCCCCCCC/C=C\CCCCCCCO. The van der Waals surface area contributed by atoms with Gasteiger partial charge in [0.1, 0.15) is 0 Å². The maximum absolute atomic E-state index is 10.3. The van der Waals surface area contributed by atoms with Gasteiger partial charge in [0.25, 0.3) is 0 Å². The first-order valence-corrected chi connectivity index (χ1v) is 9.25. The van der Waals surface area contributed by atoms with Crippen molar-refractivity contribution in [1.29, 1.82) is 0 Å². The van der Waals surface area contributed by atoms with E-state index in [4.69, 9.17) is 10.2 Å². The minimum atomic E-state index is -0.669. The van der Waals surface area contributed by atoms with Gasteiger partial charge in [0.05, 0.1) is 0 Å². The summed E-state index contributed by atoms with van der Waals surface area (Å²) < 4.78 is 0. The molecular formula is C19H36O3. The van der Waals surface area contributed by atoms with Crippen LogP contribution < -0.4 is 0 Å². The summed E-state index contributed by atoms with van der Waals surface area (Å²) in [6.07, 6.45) is 21.5. The van der Waals surface area contributed by atoms with Crippen molar-refractivity contribution in [2.24, 2.45) is 0 Å². The first-order chi connectivity index (χ1) is 10.8.